The number of hydrogen-bond acceptors (Lipinski definition) is 2. The molecule has 1 N–H and O–H groups in total. The van der Waals surface area contributed by atoms with E-state index in [1.807, 2.05) is 18.2 Å². The molecule has 1 unspecified atom stereocenters. The Morgan fingerprint density at radius 2 is 2.00 bits per heavy atom. The predicted molar refractivity (Wildman–Crippen MR) is 61.7 cm³/mol. The number of benzene rings is 1. The van der Waals surface area contributed by atoms with E-state index in [0.29, 0.717) is 0 Å². The van der Waals surface area contributed by atoms with Crippen LogP contribution in [0.2, 0.25) is 0 Å². The molecule has 0 aliphatic heterocycles. The molecule has 1 aromatic rings. The third kappa shape index (κ3) is 5.14. The topological polar surface area (TPSA) is 29.1 Å². The average molecular weight is 211 g/mol. The van der Waals surface area contributed by atoms with Crippen LogP contribution in [0.3, 0.4) is 0 Å². The molecule has 0 fully saturated rings. The highest BCUT2D eigenvalue weighted by Crippen LogP contribution is 1.96. The molecule has 14 heavy (non-hydrogen) atoms. The van der Waals surface area contributed by atoms with Gasteiger partial charge in [0.25, 0.3) is 0 Å². The lowest BCUT2D eigenvalue weighted by atomic mass is 10.2. The SMILES string of the molecule is CS(=O)CCCNCc1ccccc1. The van der Waals surface area contributed by atoms with Crippen molar-refractivity contribution in [3.8, 4) is 0 Å². The Balaban J connectivity index is 2.08. The summed E-state index contributed by atoms with van der Waals surface area (Å²) < 4.78 is 10.8. The molecule has 1 rings (SSSR count). The van der Waals surface area contributed by atoms with E-state index in [0.717, 1.165) is 25.3 Å². The summed E-state index contributed by atoms with van der Waals surface area (Å²) in [5, 5.41) is 3.32. The van der Waals surface area contributed by atoms with Crippen LogP contribution in [0.25, 0.3) is 0 Å². The van der Waals surface area contributed by atoms with Gasteiger partial charge in [-0.25, -0.2) is 0 Å². The maximum atomic E-state index is 10.8. The van der Waals surface area contributed by atoms with Crippen LogP contribution in [0.5, 0.6) is 0 Å². The van der Waals surface area contributed by atoms with Gasteiger partial charge in [0.05, 0.1) is 0 Å². The molecular weight excluding hydrogens is 194 g/mol. The van der Waals surface area contributed by atoms with Gasteiger partial charge < -0.3 is 5.32 Å². The van der Waals surface area contributed by atoms with Crippen LogP contribution < -0.4 is 5.32 Å². The van der Waals surface area contributed by atoms with Crippen LogP contribution >= 0.6 is 0 Å². The predicted octanol–water partition coefficient (Wildman–Crippen LogP) is 1.54. The van der Waals surface area contributed by atoms with Crippen LogP contribution in [0.15, 0.2) is 30.3 Å². The van der Waals surface area contributed by atoms with Gasteiger partial charge in [-0.3, -0.25) is 4.21 Å². The largest absolute Gasteiger partial charge is 0.313 e. The summed E-state index contributed by atoms with van der Waals surface area (Å²) in [5.74, 6) is 0.793. The summed E-state index contributed by atoms with van der Waals surface area (Å²) in [6.45, 7) is 1.84. The molecule has 0 aliphatic carbocycles. The maximum absolute atomic E-state index is 10.8. The van der Waals surface area contributed by atoms with E-state index in [-0.39, 0.29) is 0 Å². The van der Waals surface area contributed by atoms with Crippen molar-refractivity contribution in [2.75, 3.05) is 18.6 Å². The lowest BCUT2D eigenvalue weighted by Crippen LogP contribution is -2.16. The van der Waals surface area contributed by atoms with E-state index in [4.69, 9.17) is 0 Å². The second-order valence-corrected chi connectivity index (χ2v) is 4.85. The first-order valence-corrected chi connectivity index (χ1v) is 6.56. The summed E-state index contributed by atoms with van der Waals surface area (Å²) in [5.41, 5.74) is 1.30. The molecule has 0 saturated carbocycles. The Bertz CT molecular complexity index is 274. The second-order valence-electron chi connectivity index (χ2n) is 3.29. The minimum absolute atomic E-state index is 0.654. The van der Waals surface area contributed by atoms with Crippen LogP contribution in [-0.4, -0.2) is 22.8 Å². The molecule has 78 valence electrons. The van der Waals surface area contributed by atoms with E-state index < -0.39 is 10.8 Å². The van der Waals surface area contributed by atoms with E-state index in [1.54, 1.807) is 6.26 Å². The van der Waals surface area contributed by atoms with Gasteiger partial charge in [-0.05, 0) is 18.5 Å². The molecule has 0 bridgehead atoms. The molecule has 0 spiro atoms. The fourth-order valence-electron chi connectivity index (χ4n) is 1.23. The molecule has 0 saturated heterocycles. The molecule has 0 amide bonds. The number of nitrogens with one attached hydrogen (secondary N) is 1. The Labute approximate surface area is 88.2 Å². The Morgan fingerprint density at radius 3 is 2.64 bits per heavy atom. The van der Waals surface area contributed by atoms with Gasteiger partial charge in [0, 0.05) is 29.4 Å². The van der Waals surface area contributed by atoms with Gasteiger partial charge in [0.1, 0.15) is 0 Å². The highest BCUT2D eigenvalue weighted by atomic mass is 32.2. The zero-order chi connectivity index (χ0) is 10.2. The zero-order valence-corrected chi connectivity index (χ0v) is 9.35. The van der Waals surface area contributed by atoms with Gasteiger partial charge in [-0.2, -0.15) is 0 Å². The highest BCUT2D eigenvalue weighted by Gasteiger charge is 1.92. The van der Waals surface area contributed by atoms with Crippen molar-refractivity contribution >= 4 is 10.8 Å². The van der Waals surface area contributed by atoms with Crippen LogP contribution in [0.4, 0.5) is 0 Å². The van der Waals surface area contributed by atoms with Crippen LogP contribution in [-0.2, 0) is 17.3 Å². The zero-order valence-electron chi connectivity index (χ0n) is 8.53. The lowest BCUT2D eigenvalue weighted by Gasteiger charge is -2.03. The van der Waals surface area contributed by atoms with Crippen molar-refractivity contribution < 1.29 is 4.21 Å². The standard InChI is InChI=1S/C11H17NOS/c1-14(13)9-5-8-12-10-11-6-3-2-4-7-11/h2-4,6-7,12H,5,8-10H2,1H3. The van der Waals surface area contributed by atoms with Gasteiger partial charge in [-0.15, -0.1) is 0 Å². The van der Waals surface area contributed by atoms with Crippen molar-refractivity contribution in [1.29, 1.82) is 0 Å². The molecule has 0 aromatic heterocycles. The van der Waals surface area contributed by atoms with Gasteiger partial charge in [-0.1, -0.05) is 30.3 Å². The number of rotatable bonds is 6. The van der Waals surface area contributed by atoms with Gasteiger partial charge in [0.15, 0.2) is 0 Å². The molecule has 2 nitrogen and oxygen atoms in total. The summed E-state index contributed by atoms with van der Waals surface area (Å²) in [7, 11) is -0.654. The van der Waals surface area contributed by atoms with Gasteiger partial charge in [0.2, 0.25) is 0 Å². The summed E-state index contributed by atoms with van der Waals surface area (Å²) in [6, 6.07) is 10.3. The lowest BCUT2D eigenvalue weighted by molar-refractivity contribution is 0.662. The fourth-order valence-corrected chi connectivity index (χ4v) is 1.78. The van der Waals surface area contributed by atoms with Crippen molar-refractivity contribution in [1.82, 2.24) is 5.32 Å². The Hall–Kier alpha value is -0.670. The monoisotopic (exact) mass is 211 g/mol. The third-order valence-electron chi connectivity index (χ3n) is 1.96. The quantitative estimate of drug-likeness (QED) is 0.723. The van der Waals surface area contributed by atoms with E-state index in [2.05, 4.69) is 17.4 Å². The molecular formula is C11H17NOS. The van der Waals surface area contributed by atoms with E-state index in [9.17, 15) is 4.21 Å². The Morgan fingerprint density at radius 1 is 1.29 bits per heavy atom. The minimum Gasteiger partial charge on any atom is -0.313 e. The smallest absolute Gasteiger partial charge is 0.0244 e. The van der Waals surface area contributed by atoms with Crippen LogP contribution in [0, 0.1) is 0 Å². The average Bonchev–Trinajstić information content (AvgIpc) is 2.18. The van der Waals surface area contributed by atoms with Crippen molar-refractivity contribution in [3.63, 3.8) is 0 Å². The van der Waals surface area contributed by atoms with Crippen LogP contribution in [0.1, 0.15) is 12.0 Å². The molecule has 1 aromatic carbocycles. The van der Waals surface area contributed by atoms with E-state index >= 15 is 0 Å². The Kier molecular flexibility index (Phi) is 5.49. The molecule has 0 aliphatic rings. The van der Waals surface area contributed by atoms with Gasteiger partial charge >= 0.3 is 0 Å². The minimum atomic E-state index is -0.654. The first-order valence-electron chi connectivity index (χ1n) is 4.83. The first-order chi connectivity index (χ1) is 6.79. The summed E-state index contributed by atoms with van der Waals surface area (Å²) in [6.07, 6.45) is 2.73. The van der Waals surface area contributed by atoms with Crippen molar-refractivity contribution in [2.45, 2.75) is 13.0 Å². The molecule has 0 radical (unpaired) electrons. The van der Waals surface area contributed by atoms with Crippen molar-refractivity contribution in [2.24, 2.45) is 0 Å². The fraction of sp³-hybridized carbons (Fsp3) is 0.455. The first kappa shape index (κ1) is 11.4. The molecule has 3 heteroatoms. The second kappa shape index (κ2) is 6.74. The highest BCUT2D eigenvalue weighted by molar-refractivity contribution is 7.84. The van der Waals surface area contributed by atoms with Crippen molar-refractivity contribution in [3.05, 3.63) is 35.9 Å². The number of hydrogen-bond donors (Lipinski definition) is 1. The molecule has 1 atom stereocenters. The third-order valence-corrected chi connectivity index (χ3v) is 2.82. The van der Waals surface area contributed by atoms with E-state index in [1.165, 1.54) is 5.56 Å². The summed E-state index contributed by atoms with van der Waals surface area (Å²) in [4.78, 5) is 0. The maximum Gasteiger partial charge on any atom is 0.0244 e. The normalized spacial score (nSPS) is 12.6. The summed E-state index contributed by atoms with van der Waals surface area (Å²) >= 11 is 0. The molecule has 0 heterocycles.